The van der Waals surface area contributed by atoms with Gasteiger partial charge in [-0.1, -0.05) is 0 Å². The van der Waals surface area contributed by atoms with Gasteiger partial charge in [0.15, 0.2) is 17.4 Å². The Balaban J connectivity index is 3.18. The lowest BCUT2D eigenvalue weighted by molar-refractivity contribution is 0.360. The average molecular weight is 173 g/mol. The number of hydrogen-bond acceptors (Lipinski definition) is 2. The molecule has 0 atom stereocenters. The predicted octanol–water partition coefficient (Wildman–Crippen LogP) is 2.02. The normalized spacial score (nSPS) is 9.67. The van der Waals surface area contributed by atoms with E-state index < -0.39 is 11.6 Å². The second-order valence-corrected chi connectivity index (χ2v) is 2.22. The predicted molar refractivity (Wildman–Crippen MR) is 42.5 cm³/mol. The zero-order chi connectivity index (χ0) is 9.14. The average Bonchev–Trinajstić information content (AvgIpc) is 2.03. The summed E-state index contributed by atoms with van der Waals surface area (Å²) in [6.45, 7) is 0. The Hall–Kier alpha value is -1.32. The van der Waals surface area contributed by atoms with Gasteiger partial charge in [0.05, 0.1) is 7.11 Å². The van der Waals surface area contributed by atoms with Crippen molar-refractivity contribution in [3.8, 4) is 5.75 Å². The Kier molecular flexibility index (Phi) is 2.47. The molecule has 1 aromatic rings. The zero-order valence-electron chi connectivity index (χ0n) is 6.82. The van der Waals surface area contributed by atoms with E-state index in [0.29, 0.717) is 5.69 Å². The van der Waals surface area contributed by atoms with E-state index in [9.17, 15) is 8.78 Å². The van der Waals surface area contributed by atoms with Crippen LogP contribution in [0.1, 0.15) is 0 Å². The van der Waals surface area contributed by atoms with Crippen LogP contribution >= 0.6 is 0 Å². The van der Waals surface area contributed by atoms with Crippen LogP contribution in [0.5, 0.6) is 5.75 Å². The quantitative estimate of drug-likeness (QED) is 0.738. The molecule has 66 valence electrons. The van der Waals surface area contributed by atoms with Crippen molar-refractivity contribution < 1.29 is 13.5 Å². The van der Waals surface area contributed by atoms with E-state index >= 15 is 0 Å². The molecule has 1 N–H and O–H groups in total. The summed E-state index contributed by atoms with van der Waals surface area (Å²) in [7, 11) is 2.81. The van der Waals surface area contributed by atoms with Crippen LogP contribution in [0.15, 0.2) is 12.1 Å². The van der Waals surface area contributed by atoms with Gasteiger partial charge in [0.1, 0.15) is 0 Å². The highest BCUT2D eigenvalue weighted by Crippen LogP contribution is 2.24. The standard InChI is InChI=1S/C8H9F2NO/c1-11-5-3-6(9)8(12-2)7(10)4-5/h3-4,11H,1-2H3. The van der Waals surface area contributed by atoms with E-state index in [4.69, 9.17) is 0 Å². The van der Waals surface area contributed by atoms with Crippen LogP contribution in [0.3, 0.4) is 0 Å². The molecule has 0 bridgehead atoms. The molecule has 0 spiro atoms. The van der Waals surface area contributed by atoms with Crippen LogP contribution in [0.2, 0.25) is 0 Å². The van der Waals surface area contributed by atoms with Gasteiger partial charge in [-0.2, -0.15) is 0 Å². The lowest BCUT2D eigenvalue weighted by Gasteiger charge is -2.05. The maximum Gasteiger partial charge on any atom is 0.190 e. The molecule has 0 aliphatic rings. The molecule has 0 saturated carbocycles. The van der Waals surface area contributed by atoms with E-state index in [2.05, 4.69) is 10.1 Å². The lowest BCUT2D eigenvalue weighted by Crippen LogP contribution is -1.96. The Morgan fingerprint density at radius 2 is 1.75 bits per heavy atom. The molecule has 0 radical (unpaired) electrons. The molecule has 1 rings (SSSR count). The summed E-state index contributed by atoms with van der Waals surface area (Å²) >= 11 is 0. The van der Waals surface area contributed by atoms with Gasteiger partial charge in [-0.3, -0.25) is 0 Å². The van der Waals surface area contributed by atoms with E-state index in [0.717, 1.165) is 0 Å². The van der Waals surface area contributed by atoms with Crippen LogP contribution in [-0.2, 0) is 0 Å². The van der Waals surface area contributed by atoms with E-state index in [1.165, 1.54) is 19.2 Å². The zero-order valence-corrected chi connectivity index (χ0v) is 6.82. The third-order valence-electron chi connectivity index (χ3n) is 1.49. The van der Waals surface area contributed by atoms with Crippen LogP contribution in [0.4, 0.5) is 14.5 Å². The van der Waals surface area contributed by atoms with Gasteiger partial charge in [-0.05, 0) is 0 Å². The Morgan fingerprint density at radius 1 is 1.25 bits per heavy atom. The summed E-state index contributed by atoms with van der Waals surface area (Å²) in [5.74, 6) is -1.77. The maximum absolute atomic E-state index is 12.9. The molecule has 1 aromatic carbocycles. The molecule has 0 unspecified atom stereocenters. The topological polar surface area (TPSA) is 21.3 Å². The fourth-order valence-corrected chi connectivity index (χ4v) is 0.899. The Labute approximate surface area is 69.2 Å². The first-order chi connectivity index (χ1) is 5.69. The smallest absolute Gasteiger partial charge is 0.190 e. The van der Waals surface area contributed by atoms with Gasteiger partial charge < -0.3 is 10.1 Å². The number of ether oxygens (including phenoxy) is 1. The van der Waals surface area contributed by atoms with Gasteiger partial charge in [0, 0.05) is 24.9 Å². The van der Waals surface area contributed by atoms with Crippen LogP contribution in [-0.4, -0.2) is 14.2 Å². The van der Waals surface area contributed by atoms with E-state index in [-0.39, 0.29) is 5.75 Å². The minimum absolute atomic E-state index is 0.353. The summed E-state index contributed by atoms with van der Waals surface area (Å²) in [6.07, 6.45) is 0. The minimum atomic E-state index is -0.707. The molecule has 0 aromatic heterocycles. The van der Waals surface area contributed by atoms with Gasteiger partial charge in [0.2, 0.25) is 0 Å². The van der Waals surface area contributed by atoms with Crippen molar-refractivity contribution in [2.24, 2.45) is 0 Å². The third kappa shape index (κ3) is 1.47. The second kappa shape index (κ2) is 3.38. The van der Waals surface area contributed by atoms with E-state index in [1.807, 2.05) is 0 Å². The van der Waals surface area contributed by atoms with Gasteiger partial charge in [-0.25, -0.2) is 8.78 Å². The van der Waals surface area contributed by atoms with Crippen molar-refractivity contribution in [2.45, 2.75) is 0 Å². The maximum atomic E-state index is 12.9. The summed E-state index contributed by atoms with van der Waals surface area (Å²) in [4.78, 5) is 0. The molecule has 4 heteroatoms. The van der Waals surface area contributed by atoms with Gasteiger partial charge in [0.25, 0.3) is 0 Å². The summed E-state index contributed by atoms with van der Waals surface area (Å²) in [5.41, 5.74) is 0.380. The number of methoxy groups -OCH3 is 1. The highest BCUT2D eigenvalue weighted by molar-refractivity contribution is 5.47. The van der Waals surface area contributed by atoms with Crippen LogP contribution in [0.25, 0.3) is 0 Å². The van der Waals surface area contributed by atoms with Crippen molar-refractivity contribution in [3.63, 3.8) is 0 Å². The summed E-state index contributed by atoms with van der Waals surface area (Å²) in [5, 5.41) is 2.62. The first-order valence-corrected chi connectivity index (χ1v) is 3.40. The van der Waals surface area contributed by atoms with Crippen molar-refractivity contribution >= 4 is 5.69 Å². The Morgan fingerprint density at radius 3 is 2.08 bits per heavy atom. The number of halogens is 2. The molecular formula is C8H9F2NO. The molecule has 12 heavy (non-hydrogen) atoms. The highest BCUT2D eigenvalue weighted by Gasteiger charge is 2.10. The molecule has 2 nitrogen and oxygen atoms in total. The first kappa shape index (κ1) is 8.77. The molecule has 0 amide bonds. The van der Waals surface area contributed by atoms with Crippen molar-refractivity contribution in [1.29, 1.82) is 0 Å². The molecule has 0 saturated heterocycles. The molecule has 0 aliphatic heterocycles. The van der Waals surface area contributed by atoms with Crippen LogP contribution in [0, 0.1) is 11.6 Å². The second-order valence-electron chi connectivity index (χ2n) is 2.22. The fourth-order valence-electron chi connectivity index (χ4n) is 0.899. The summed E-state index contributed by atoms with van der Waals surface area (Å²) < 4.78 is 30.3. The van der Waals surface area contributed by atoms with Gasteiger partial charge in [-0.15, -0.1) is 0 Å². The fraction of sp³-hybridized carbons (Fsp3) is 0.250. The third-order valence-corrected chi connectivity index (χ3v) is 1.49. The van der Waals surface area contributed by atoms with Crippen molar-refractivity contribution in [1.82, 2.24) is 0 Å². The lowest BCUT2D eigenvalue weighted by atomic mass is 10.3. The van der Waals surface area contributed by atoms with E-state index in [1.54, 1.807) is 7.05 Å². The molecule has 0 fully saturated rings. The highest BCUT2D eigenvalue weighted by atomic mass is 19.1. The van der Waals surface area contributed by atoms with Crippen LogP contribution < -0.4 is 10.1 Å². The monoisotopic (exact) mass is 173 g/mol. The number of nitrogens with one attached hydrogen (secondary N) is 1. The molecule has 0 aliphatic carbocycles. The number of hydrogen-bond donors (Lipinski definition) is 1. The first-order valence-electron chi connectivity index (χ1n) is 3.40. The minimum Gasteiger partial charge on any atom is -0.491 e. The van der Waals surface area contributed by atoms with Crippen molar-refractivity contribution in [3.05, 3.63) is 23.8 Å². The largest absolute Gasteiger partial charge is 0.491 e. The SMILES string of the molecule is CNc1cc(F)c(OC)c(F)c1. The van der Waals surface area contributed by atoms with Gasteiger partial charge >= 0.3 is 0 Å². The number of benzene rings is 1. The van der Waals surface area contributed by atoms with Crippen molar-refractivity contribution in [2.75, 3.05) is 19.5 Å². The molecule has 0 heterocycles. The number of rotatable bonds is 2. The molecular weight excluding hydrogens is 164 g/mol. The Bertz CT molecular complexity index is 265. The number of anilines is 1. The summed E-state index contributed by atoms with van der Waals surface area (Å²) in [6, 6.07) is 2.34.